The zero-order valence-corrected chi connectivity index (χ0v) is 22.0. The molecule has 3 rings (SSSR count). The van der Waals surface area contributed by atoms with Crippen LogP contribution in [0.2, 0.25) is 5.02 Å². The maximum atomic E-state index is 9.96. The molecule has 3 aromatic rings. The average Bonchev–Trinajstić information content (AvgIpc) is 3.53. The van der Waals surface area contributed by atoms with Gasteiger partial charge < -0.3 is 4.74 Å². The van der Waals surface area contributed by atoms with Crippen molar-refractivity contribution >= 4 is 34.5 Å². The Balaban J connectivity index is 0.000000593. The lowest BCUT2D eigenvalue weighted by Crippen LogP contribution is -1.95. The minimum absolute atomic E-state index is 0.157. The first-order valence-electron chi connectivity index (χ1n) is 11.3. The molecular weight excluding hydrogens is 452 g/mol. The second kappa shape index (κ2) is 16.1. The van der Waals surface area contributed by atoms with Crippen LogP contribution >= 0.6 is 22.9 Å². The lowest BCUT2D eigenvalue weighted by molar-refractivity contribution is -0.140. The first-order chi connectivity index (χ1) is 16.0. The number of carbonyl (C=O) groups is 1. The number of carbonyl (C=O) groups excluding carboxylic acids is 1. The van der Waals surface area contributed by atoms with Gasteiger partial charge in [-0.2, -0.15) is 0 Å². The summed E-state index contributed by atoms with van der Waals surface area (Å²) in [6.07, 6.45) is 12.8. The van der Waals surface area contributed by atoms with Crippen LogP contribution in [0.1, 0.15) is 58.8 Å². The molecule has 33 heavy (non-hydrogen) atoms. The third-order valence-corrected chi connectivity index (χ3v) is 6.01. The van der Waals surface area contributed by atoms with E-state index in [0.717, 1.165) is 34.3 Å². The molecule has 0 aliphatic rings. The summed E-state index contributed by atoms with van der Waals surface area (Å²) < 4.78 is 6.31. The van der Waals surface area contributed by atoms with Crippen LogP contribution in [0.3, 0.4) is 0 Å². The fourth-order valence-corrected chi connectivity index (χ4v) is 4.20. The monoisotopic (exact) mass is 486 g/mol. The van der Waals surface area contributed by atoms with E-state index in [2.05, 4.69) is 53.9 Å². The van der Waals surface area contributed by atoms with E-state index in [1.54, 1.807) is 18.3 Å². The van der Waals surface area contributed by atoms with Gasteiger partial charge in [0.05, 0.1) is 22.7 Å². The van der Waals surface area contributed by atoms with Crippen LogP contribution in [0.25, 0.3) is 22.0 Å². The Kier molecular flexibility index (Phi) is 13.8. The molecule has 2 aromatic heterocycles. The predicted octanol–water partition coefficient (Wildman–Crippen LogP) is 8.61. The van der Waals surface area contributed by atoms with Gasteiger partial charge in [0, 0.05) is 23.7 Å². The topological polar surface area (TPSA) is 44.1 Å². The van der Waals surface area contributed by atoms with E-state index in [1.165, 1.54) is 17.6 Å². The number of methoxy groups -OCH3 is 1. The fraction of sp³-hybridized carbons (Fsp3) is 0.333. The van der Waals surface area contributed by atoms with Crippen molar-refractivity contribution in [2.75, 3.05) is 7.11 Å². The third kappa shape index (κ3) is 8.67. The SMILES string of the molecule is C/C=C\C/C=C(\CC)c1ccc(-c2nccn2-c2ccccc2Cl)s1.CC.CCC(=O)OC. The molecule has 6 heteroatoms. The van der Waals surface area contributed by atoms with Crippen LogP contribution < -0.4 is 0 Å². The lowest BCUT2D eigenvalue weighted by Gasteiger charge is -2.08. The number of esters is 1. The first-order valence-corrected chi connectivity index (χ1v) is 12.5. The number of nitrogens with zero attached hydrogens (tertiary/aromatic N) is 2. The highest BCUT2D eigenvalue weighted by molar-refractivity contribution is 7.16. The lowest BCUT2D eigenvalue weighted by atomic mass is 10.1. The van der Waals surface area contributed by atoms with Crippen molar-refractivity contribution in [3.63, 3.8) is 0 Å². The van der Waals surface area contributed by atoms with Gasteiger partial charge in [0.25, 0.3) is 0 Å². The number of ether oxygens (including phenoxy) is 1. The largest absolute Gasteiger partial charge is 0.469 e. The van der Waals surface area contributed by atoms with Crippen molar-refractivity contribution in [3.05, 3.63) is 76.9 Å². The number of allylic oxidation sites excluding steroid dienone is 4. The molecule has 0 aliphatic heterocycles. The molecule has 0 unspecified atom stereocenters. The van der Waals surface area contributed by atoms with Crippen LogP contribution in [-0.4, -0.2) is 22.6 Å². The molecule has 4 nitrogen and oxygen atoms in total. The summed E-state index contributed by atoms with van der Waals surface area (Å²) in [6, 6.07) is 12.2. The summed E-state index contributed by atoms with van der Waals surface area (Å²) in [6.45, 7) is 10.0. The minimum atomic E-state index is -0.157. The highest BCUT2D eigenvalue weighted by atomic mass is 35.5. The van der Waals surface area contributed by atoms with Gasteiger partial charge in [-0.1, -0.05) is 69.7 Å². The maximum absolute atomic E-state index is 9.96. The van der Waals surface area contributed by atoms with Crippen LogP contribution in [0.15, 0.2) is 67.0 Å². The van der Waals surface area contributed by atoms with Gasteiger partial charge in [-0.25, -0.2) is 4.98 Å². The molecule has 0 amide bonds. The number of hydrogen-bond donors (Lipinski definition) is 0. The van der Waals surface area contributed by atoms with Gasteiger partial charge in [-0.3, -0.25) is 9.36 Å². The van der Waals surface area contributed by atoms with Gasteiger partial charge in [0.15, 0.2) is 5.82 Å². The molecule has 0 saturated heterocycles. The Morgan fingerprint density at radius 2 is 1.88 bits per heavy atom. The highest BCUT2D eigenvalue weighted by Crippen LogP contribution is 2.34. The van der Waals surface area contributed by atoms with Crippen LogP contribution in [0.4, 0.5) is 0 Å². The Morgan fingerprint density at radius 1 is 1.15 bits per heavy atom. The molecule has 0 spiro atoms. The van der Waals surface area contributed by atoms with E-state index in [0.29, 0.717) is 6.42 Å². The van der Waals surface area contributed by atoms with E-state index in [4.69, 9.17) is 11.6 Å². The number of imidazole rings is 1. The quantitative estimate of drug-likeness (QED) is 0.248. The van der Waals surface area contributed by atoms with Gasteiger partial charge >= 0.3 is 5.97 Å². The second-order valence-electron chi connectivity index (χ2n) is 6.55. The molecule has 0 bridgehead atoms. The van der Waals surface area contributed by atoms with E-state index in [-0.39, 0.29) is 5.97 Å². The summed E-state index contributed by atoms with van der Waals surface area (Å²) in [5.41, 5.74) is 2.33. The molecule has 0 atom stereocenters. The summed E-state index contributed by atoms with van der Waals surface area (Å²) >= 11 is 8.14. The number of thiophene rings is 1. The van der Waals surface area contributed by atoms with Crippen LogP contribution in [0.5, 0.6) is 0 Å². The van der Waals surface area contributed by atoms with Crippen molar-refractivity contribution in [2.24, 2.45) is 0 Å². The average molecular weight is 487 g/mol. The Labute approximate surface area is 207 Å². The van der Waals surface area contributed by atoms with Crippen molar-refractivity contribution in [1.82, 2.24) is 9.55 Å². The minimum Gasteiger partial charge on any atom is -0.469 e. The molecular formula is C27H35ClN2O2S. The zero-order chi connectivity index (χ0) is 24.6. The van der Waals surface area contributed by atoms with E-state index in [9.17, 15) is 4.79 Å². The zero-order valence-electron chi connectivity index (χ0n) is 20.5. The van der Waals surface area contributed by atoms with E-state index >= 15 is 0 Å². The van der Waals surface area contributed by atoms with Gasteiger partial charge in [0.2, 0.25) is 0 Å². The van der Waals surface area contributed by atoms with E-state index < -0.39 is 0 Å². The highest BCUT2D eigenvalue weighted by Gasteiger charge is 2.13. The van der Waals surface area contributed by atoms with Crippen molar-refractivity contribution < 1.29 is 9.53 Å². The van der Waals surface area contributed by atoms with Crippen molar-refractivity contribution in [3.8, 4) is 16.4 Å². The smallest absolute Gasteiger partial charge is 0.305 e. The normalized spacial score (nSPS) is 10.8. The number of benzene rings is 1. The Morgan fingerprint density at radius 3 is 2.45 bits per heavy atom. The van der Waals surface area contributed by atoms with Crippen LogP contribution in [0, 0.1) is 0 Å². The third-order valence-electron chi connectivity index (χ3n) is 4.53. The molecule has 1 aromatic carbocycles. The molecule has 0 N–H and O–H groups in total. The molecule has 0 aliphatic carbocycles. The molecule has 0 fully saturated rings. The van der Waals surface area contributed by atoms with Gasteiger partial charge in [-0.15, -0.1) is 11.3 Å². The Bertz CT molecular complexity index is 1030. The summed E-state index contributed by atoms with van der Waals surface area (Å²) in [7, 11) is 1.38. The van der Waals surface area contributed by atoms with Crippen molar-refractivity contribution in [2.45, 2.75) is 53.9 Å². The predicted molar refractivity (Wildman–Crippen MR) is 143 cm³/mol. The molecule has 0 saturated carbocycles. The molecule has 2 heterocycles. The number of hydrogen-bond acceptors (Lipinski definition) is 4. The van der Waals surface area contributed by atoms with E-state index in [1.807, 2.05) is 55.1 Å². The van der Waals surface area contributed by atoms with Gasteiger partial charge in [0.1, 0.15) is 0 Å². The number of para-hydroxylation sites is 1. The first kappa shape index (κ1) is 28.4. The number of aromatic nitrogens is 2. The number of rotatable bonds is 7. The van der Waals surface area contributed by atoms with Crippen LogP contribution in [-0.2, 0) is 9.53 Å². The Hall–Kier alpha value is -2.63. The van der Waals surface area contributed by atoms with Crippen molar-refractivity contribution in [1.29, 1.82) is 0 Å². The maximum Gasteiger partial charge on any atom is 0.305 e. The van der Waals surface area contributed by atoms with Gasteiger partial charge in [-0.05, 0) is 49.6 Å². The molecule has 0 radical (unpaired) electrons. The fourth-order valence-electron chi connectivity index (χ4n) is 2.87. The summed E-state index contributed by atoms with van der Waals surface area (Å²) in [4.78, 5) is 17.0. The standard InChI is InChI=1S/C21H21ClN2S.C4H8O2.C2H6/c1-3-5-6-9-16(4-2)19-12-13-20(25-19)21-23-14-15-24(21)18-11-8-7-10-17(18)22;1-3-4(5)6-2;1-2/h3,5,7-15H,4,6H2,1-2H3;3H2,1-2H3;1-2H3/b5-3-,16-9+;;. The molecule has 178 valence electrons. The summed E-state index contributed by atoms with van der Waals surface area (Å²) in [5.74, 6) is 0.767. The second-order valence-corrected chi connectivity index (χ2v) is 8.04. The summed E-state index contributed by atoms with van der Waals surface area (Å²) in [5, 5.41) is 0.721. The number of halogens is 1.